The molecule has 1 aromatic carbocycles. The summed E-state index contributed by atoms with van der Waals surface area (Å²) in [6, 6.07) is 0.445. The van der Waals surface area contributed by atoms with E-state index in [4.69, 9.17) is 0 Å². The van der Waals surface area contributed by atoms with Crippen LogP contribution in [-0.2, 0) is 6.18 Å². The summed E-state index contributed by atoms with van der Waals surface area (Å²) < 4.78 is 62.1. The van der Waals surface area contributed by atoms with Gasteiger partial charge in [0, 0.05) is 5.56 Å². The molecule has 0 fully saturated rings. The van der Waals surface area contributed by atoms with Gasteiger partial charge in [-0.05, 0) is 12.1 Å². The fourth-order valence-corrected chi connectivity index (χ4v) is 0.995. The average Bonchev–Trinajstić information content (AvgIpc) is 2.09. The van der Waals surface area contributed by atoms with Gasteiger partial charge in [-0.1, -0.05) is 0 Å². The molecule has 15 heavy (non-hydrogen) atoms. The Balaban J connectivity index is 3.41. The van der Waals surface area contributed by atoms with Crippen molar-refractivity contribution in [2.24, 2.45) is 10.9 Å². The number of hydrazone groups is 1. The van der Waals surface area contributed by atoms with Crippen molar-refractivity contribution in [3.63, 3.8) is 0 Å². The van der Waals surface area contributed by atoms with Crippen LogP contribution >= 0.6 is 0 Å². The van der Waals surface area contributed by atoms with E-state index in [2.05, 4.69) is 10.9 Å². The highest BCUT2D eigenvalue weighted by molar-refractivity contribution is 5.81. The third kappa shape index (κ3) is 2.42. The molecule has 0 bridgehead atoms. The number of rotatable bonds is 1. The number of benzene rings is 1. The van der Waals surface area contributed by atoms with E-state index in [1.54, 1.807) is 0 Å². The zero-order valence-corrected chi connectivity index (χ0v) is 7.15. The van der Waals surface area contributed by atoms with Crippen molar-refractivity contribution < 1.29 is 22.0 Å². The summed E-state index contributed by atoms with van der Waals surface area (Å²) in [7, 11) is 0. The molecule has 0 atom stereocenters. The molecule has 1 aromatic rings. The zero-order valence-electron chi connectivity index (χ0n) is 7.15. The minimum absolute atomic E-state index is 0.0619. The molecule has 0 aliphatic heterocycles. The maximum Gasteiger partial charge on any atom is 0.417 e. The van der Waals surface area contributed by atoms with E-state index in [0.29, 0.717) is 12.3 Å². The Morgan fingerprint density at radius 2 is 1.67 bits per heavy atom. The predicted molar refractivity (Wildman–Crippen MR) is 43.1 cm³/mol. The normalized spacial score (nSPS) is 12.3. The second kappa shape index (κ2) is 3.84. The first-order chi connectivity index (χ1) is 6.86. The highest BCUT2D eigenvalue weighted by atomic mass is 19.4. The van der Waals surface area contributed by atoms with Gasteiger partial charge in [-0.15, -0.1) is 0 Å². The van der Waals surface area contributed by atoms with E-state index in [1.807, 2.05) is 0 Å². The van der Waals surface area contributed by atoms with Crippen molar-refractivity contribution in [1.29, 1.82) is 0 Å². The molecular formula is C8H5F5N2. The summed E-state index contributed by atoms with van der Waals surface area (Å²) >= 11 is 0. The van der Waals surface area contributed by atoms with Crippen LogP contribution in [0.4, 0.5) is 22.0 Å². The number of nitrogens with two attached hydrogens (primary N) is 1. The second-order valence-corrected chi connectivity index (χ2v) is 2.63. The largest absolute Gasteiger partial charge is 0.417 e. The Morgan fingerprint density at radius 1 is 1.13 bits per heavy atom. The minimum atomic E-state index is -4.79. The maximum absolute atomic E-state index is 12.6. The number of halogens is 5. The summed E-state index contributed by atoms with van der Waals surface area (Å²) in [6.07, 6.45) is -4.18. The van der Waals surface area contributed by atoms with Gasteiger partial charge in [0.2, 0.25) is 0 Å². The van der Waals surface area contributed by atoms with Crippen LogP contribution in [0.1, 0.15) is 11.1 Å². The van der Waals surface area contributed by atoms with Crippen LogP contribution in [0.25, 0.3) is 0 Å². The van der Waals surface area contributed by atoms with E-state index in [1.165, 1.54) is 0 Å². The van der Waals surface area contributed by atoms with Crippen molar-refractivity contribution in [3.05, 3.63) is 34.9 Å². The molecule has 0 spiro atoms. The first-order valence-electron chi connectivity index (χ1n) is 3.65. The Bertz CT molecular complexity index is 397. The molecule has 0 aliphatic carbocycles. The molecule has 0 aliphatic rings. The van der Waals surface area contributed by atoms with Crippen LogP contribution in [0.3, 0.4) is 0 Å². The fourth-order valence-electron chi connectivity index (χ4n) is 0.995. The van der Waals surface area contributed by atoms with Crippen molar-refractivity contribution in [1.82, 2.24) is 0 Å². The van der Waals surface area contributed by atoms with Crippen molar-refractivity contribution in [2.75, 3.05) is 0 Å². The Kier molecular flexibility index (Phi) is 2.92. The van der Waals surface area contributed by atoms with Crippen molar-refractivity contribution in [2.45, 2.75) is 6.18 Å². The lowest BCUT2D eigenvalue weighted by atomic mass is 10.1. The Morgan fingerprint density at radius 3 is 2.13 bits per heavy atom. The standard InChI is InChI=1S/C8H5F5N2/c9-6-1-4(3-15-14)5(2-7(6)10)8(11,12)13/h1-3H,14H2. The van der Waals surface area contributed by atoms with Gasteiger partial charge in [0.1, 0.15) is 0 Å². The van der Waals surface area contributed by atoms with Gasteiger partial charge in [-0.3, -0.25) is 0 Å². The van der Waals surface area contributed by atoms with Crippen LogP contribution in [0.5, 0.6) is 0 Å². The molecule has 0 unspecified atom stereocenters. The predicted octanol–water partition coefficient (Wildman–Crippen LogP) is 2.28. The van der Waals surface area contributed by atoms with E-state index in [-0.39, 0.29) is 6.07 Å². The molecule has 1 rings (SSSR count). The zero-order chi connectivity index (χ0) is 11.6. The first kappa shape index (κ1) is 11.4. The SMILES string of the molecule is NN=Cc1cc(F)c(F)cc1C(F)(F)F. The third-order valence-electron chi connectivity index (χ3n) is 1.61. The lowest BCUT2D eigenvalue weighted by Gasteiger charge is -2.10. The highest BCUT2D eigenvalue weighted by Crippen LogP contribution is 2.32. The molecule has 0 saturated carbocycles. The fraction of sp³-hybridized carbons (Fsp3) is 0.125. The maximum atomic E-state index is 12.6. The Hall–Kier alpha value is -1.66. The smallest absolute Gasteiger partial charge is 0.323 e. The van der Waals surface area contributed by atoms with Crippen molar-refractivity contribution in [3.8, 4) is 0 Å². The lowest BCUT2D eigenvalue weighted by molar-refractivity contribution is -0.137. The summed E-state index contributed by atoms with van der Waals surface area (Å²) in [5, 5.41) is 2.84. The number of nitrogens with zero attached hydrogens (tertiary/aromatic N) is 1. The quantitative estimate of drug-likeness (QED) is 0.338. The van der Waals surface area contributed by atoms with E-state index < -0.39 is 28.9 Å². The number of hydrogen-bond donors (Lipinski definition) is 1. The van der Waals surface area contributed by atoms with Gasteiger partial charge in [-0.2, -0.15) is 18.3 Å². The summed E-state index contributed by atoms with van der Waals surface area (Å²) in [4.78, 5) is 0. The molecule has 2 nitrogen and oxygen atoms in total. The summed E-state index contributed by atoms with van der Waals surface area (Å²) in [5.74, 6) is 1.68. The third-order valence-corrected chi connectivity index (χ3v) is 1.61. The van der Waals surface area contributed by atoms with Crippen LogP contribution in [0.2, 0.25) is 0 Å². The van der Waals surface area contributed by atoms with Gasteiger partial charge in [0.05, 0.1) is 11.8 Å². The van der Waals surface area contributed by atoms with Gasteiger partial charge in [-0.25, -0.2) is 8.78 Å². The average molecular weight is 224 g/mol. The topological polar surface area (TPSA) is 38.4 Å². The number of hydrogen-bond acceptors (Lipinski definition) is 2. The first-order valence-corrected chi connectivity index (χ1v) is 3.65. The van der Waals surface area contributed by atoms with Crippen molar-refractivity contribution >= 4 is 6.21 Å². The minimum Gasteiger partial charge on any atom is -0.323 e. The monoisotopic (exact) mass is 224 g/mol. The van der Waals surface area contributed by atoms with E-state index in [0.717, 1.165) is 0 Å². The lowest BCUT2D eigenvalue weighted by Crippen LogP contribution is -2.11. The van der Waals surface area contributed by atoms with Gasteiger partial charge in [0.25, 0.3) is 0 Å². The summed E-state index contributed by atoms with van der Waals surface area (Å²) in [6.45, 7) is 0. The van der Waals surface area contributed by atoms with Crippen LogP contribution in [0.15, 0.2) is 17.2 Å². The Labute approximate surface area is 81.2 Å². The highest BCUT2D eigenvalue weighted by Gasteiger charge is 2.34. The molecule has 0 aromatic heterocycles. The molecule has 7 heteroatoms. The van der Waals surface area contributed by atoms with E-state index >= 15 is 0 Å². The molecule has 2 N–H and O–H groups in total. The van der Waals surface area contributed by atoms with Gasteiger partial charge in [0.15, 0.2) is 11.6 Å². The molecular weight excluding hydrogens is 219 g/mol. The molecule has 0 amide bonds. The number of alkyl halides is 3. The van der Waals surface area contributed by atoms with Crippen LogP contribution < -0.4 is 5.84 Å². The van der Waals surface area contributed by atoms with E-state index in [9.17, 15) is 22.0 Å². The van der Waals surface area contributed by atoms with Gasteiger partial charge < -0.3 is 5.84 Å². The molecule has 0 radical (unpaired) electrons. The molecule has 0 heterocycles. The summed E-state index contributed by atoms with van der Waals surface area (Å²) in [5.41, 5.74) is -1.94. The molecule has 0 saturated heterocycles. The van der Waals surface area contributed by atoms with Crippen LogP contribution in [-0.4, -0.2) is 6.21 Å². The molecule has 82 valence electrons. The second-order valence-electron chi connectivity index (χ2n) is 2.63. The van der Waals surface area contributed by atoms with Gasteiger partial charge >= 0.3 is 6.18 Å². The van der Waals surface area contributed by atoms with Crippen LogP contribution in [0, 0.1) is 11.6 Å².